The number of fused-ring (bicyclic) bond motifs is 1. The summed E-state index contributed by atoms with van der Waals surface area (Å²) >= 11 is 3.45. The van der Waals surface area contributed by atoms with E-state index in [0.717, 1.165) is 11.9 Å². The molecule has 13 heavy (non-hydrogen) atoms. The smallest absolute Gasteiger partial charge is 0.0483 e. The fourth-order valence-corrected chi connectivity index (χ4v) is 1.96. The third-order valence-electron chi connectivity index (χ3n) is 2.25. The quantitative estimate of drug-likeness (QED) is 0.707. The van der Waals surface area contributed by atoms with Gasteiger partial charge in [0, 0.05) is 23.6 Å². The maximum absolute atomic E-state index is 3.45. The molecular weight excluding hydrogens is 226 g/mol. The predicted molar refractivity (Wildman–Crippen MR) is 60.5 cm³/mol. The van der Waals surface area contributed by atoms with Crippen molar-refractivity contribution in [3.05, 3.63) is 36.0 Å². The number of benzene rings is 1. The Hall–Kier alpha value is -0.760. The van der Waals surface area contributed by atoms with Crippen molar-refractivity contribution in [1.29, 1.82) is 0 Å². The van der Waals surface area contributed by atoms with E-state index in [2.05, 4.69) is 57.9 Å². The monoisotopic (exact) mass is 237 g/mol. The summed E-state index contributed by atoms with van der Waals surface area (Å²) in [6.45, 7) is 3.16. The minimum atomic E-state index is 1.00. The molecule has 2 heteroatoms. The number of rotatable bonds is 2. The van der Waals surface area contributed by atoms with E-state index in [0.29, 0.717) is 0 Å². The zero-order valence-corrected chi connectivity index (χ0v) is 9.21. The van der Waals surface area contributed by atoms with Gasteiger partial charge in [0.2, 0.25) is 0 Å². The Kier molecular flexibility index (Phi) is 2.40. The standard InChI is InChI=1S/C11H12BrN/c1-9-2-3-10-4-6-13(7-5-12)11(10)8-9/h2-4,6,8H,5,7H2,1H3. The second-order valence-electron chi connectivity index (χ2n) is 3.26. The van der Waals surface area contributed by atoms with Gasteiger partial charge >= 0.3 is 0 Å². The van der Waals surface area contributed by atoms with Gasteiger partial charge in [-0.3, -0.25) is 0 Å². The molecule has 0 spiro atoms. The van der Waals surface area contributed by atoms with Crippen molar-refractivity contribution in [2.45, 2.75) is 13.5 Å². The zero-order valence-electron chi connectivity index (χ0n) is 7.63. The molecule has 68 valence electrons. The summed E-state index contributed by atoms with van der Waals surface area (Å²) in [5.74, 6) is 0. The molecular formula is C11H12BrN. The largest absolute Gasteiger partial charge is 0.347 e. The molecule has 0 aliphatic rings. The number of aromatic nitrogens is 1. The van der Waals surface area contributed by atoms with Crippen LogP contribution in [-0.2, 0) is 6.54 Å². The number of hydrogen-bond donors (Lipinski definition) is 0. The van der Waals surface area contributed by atoms with E-state index >= 15 is 0 Å². The Bertz CT molecular complexity index is 417. The first-order valence-corrected chi connectivity index (χ1v) is 5.55. The van der Waals surface area contributed by atoms with Crippen molar-refractivity contribution < 1.29 is 0 Å². The molecule has 0 atom stereocenters. The molecule has 0 fully saturated rings. The Labute approximate surface area is 86.5 Å². The van der Waals surface area contributed by atoms with Crippen LogP contribution in [0.3, 0.4) is 0 Å². The lowest BCUT2D eigenvalue weighted by Crippen LogP contribution is -1.96. The van der Waals surface area contributed by atoms with E-state index in [9.17, 15) is 0 Å². The SMILES string of the molecule is Cc1ccc2ccn(CCBr)c2c1. The maximum Gasteiger partial charge on any atom is 0.0483 e. The summed E-state index contributed by atoms with van der Waals surface area (Å²) in [6.07, 6.45) is 2.14. The predicted octanol–water partition coefficient (Wildman–Crippen LogP) is 3.34. The number of aryl methyl sites for hydroxylation is 2. The lowest BCUT2D eigenvalue weighted by atomic mass is 10.2. The van der Waals surface area contributed by atoms with Gasteiger partial charge in [0.05, 0.1) is 0 Å². The van der Waals surface area contributed by atoms with Crippen LogP contribution in [0, 0.1) is 6.92 Å². The summed E-state index contributed by atoms with van der Waals surface area (Å²) in [4.78, 5) is 0. The third-order valence-corrected chi connectivity index (χ3v) is 2.61. The summed E-state index contributed by atoms with van der Waals surface area (Å²) in [5.41, 5.74) is 2.65. The van der Waals surface area contributed by atoms with Gasteiger partial charge in [-0.2, -0.15) is 0 Å². The molecule has 0 aliphatic heterocycles. The van der Waals surface area contributed by atoms with Crippen LogP contribution in [-0.4, -0.2) is 9.90 Å². The molecule has 0 bridgehead atoms. The molecule has 1 heterocycles. The topological polar surface area (TPSA) is 4.93 Å². The van der Waals surface area contributed by atoms with Gasteiger partial charge in [-0.1, -0.05) is 28.1 Å². The normalized spacial score (nSPS) is 10.9. The van der Waals surface area contributed by atoms with Crippen LogP contribution in [0.15, 0.2) is 30.5 Å². The fourth-order valence-electron chi connectivity index (χ4n) is 1.58. The van der Waals surface area contributed by atoms with Crippen molar-refractivity contribution in [1.82, 2.24) is 4.57 Å². The summed E-state index contributed by atoms with van der Waals surface area (Å²) < 4.78 is 2.27. The molecule has 2 aromatic rings. The zero-order chi connectivity index (χ0) is 9.26. The number of halogens is 1. The van der Waals surface area contributed by atoms with Gasteiger partial charge in [-0.25, -0.2) is 0 Å². The average Bonchev–Trinajstić information content (AvgIpc) is 2.49. The second-order valence-corrected chi connectivity index (χ2v) is 4.05. The minimum absolute atomic E-state index is 1.00. The molecule has 2 rings (SSSR count). The van der Waals surface area contributed by atoms with Crippen LogP contribution in [0.25, 0.3) is 10.9 Å². The van der Waals surface area contributed by atoms with Crippen LogP contribution in [0.1, 0.15) is 5.56 Å². The molecule has 0 saturated heterocycles. The summed E-state index contributed by atoms with van der Waals surface area (Å²) in [6, 6.07) is 8.73. The maximum atomic E-state index is 3.45. The van der Waals surface area contributed by atoms with Crippen molar-refractivity contribution in [3.8, 4) is 0 Å². The Morgan fingerprint density at radius 3 is 2.92 bits per heavy atom. The van der Waals surface area contributed by atoms with Crippen LogP contribution in [0.4, 0.5) is 0 Å². The highest BCUT2D eigenvalue weighted by Gasteiger charge is 1.99. The van der Waals surface area contributed by atoms with Crippen LogP contribution in [0.2, 0.25) is 0 Å². The van der Waals surface area contributed by atoms with E-state index in [-0.39, 0.29) is 0 Å². The average molecular weight is 238 g/mol. The minimum Gasteiger partial charge on any atom is -0.347 e. The first-order chi connectivity index (χ1) is 6.31. The highest BCUT2D eigenvalue weighted by Crippen LogP contribution is 2.17. The molecule has 1 nitrogen and oxygen atoms in total. The van der Waals surface area contributed by atoms with Crippen molar-refractivity contribution in [2.24, 2.45) is 0 Å². The molecule has 1 aromatic heterocycles. The second kappa shape index (κ2) is 3.54. The lowest BCUT2D eigenvalue weighted by Gasteiger charge is -2.02. The van der Waals surface area contributed by atoms with Gasteiger partial charge in [-0.05, 0) is 30.0 Å². The Morgan fingerprint density at radius 1 is 1.31 bits per heavy atom. The fraction of sp³-hybridized carbons (Fsp3) is 0.273. The molecule has 0 radical (unpaired) electrons. The van der Waals surface area contributed by atoms with Gasteiger partial charge in [0.15, 0.2) is 0 Å². The highest BCUT2D eigenvalue weighted by atomic mass is 79.9. The van der Waals surface area contributed by atoms with E-state index < -0.39 is 0 Å². The number of nitrogens with zero attached hydrogens (tertiary/aromatic N) is 1. The van der Waals surface area contributed by atoms with E-state index in [1.165, 1.54) is 16.5 Å². The van der Waals surface area contributed by atoms with Gasteiger partial charge in [-0.15, -0.1) is 0 Å². The van der Waals surface area contributed by atoms with Crippen LogP contribution in [0.5, 0.6) is 0 Å². The first-order valence-electron chi connectivity index (χ1n) is 4.43. The Morgan fingerprint density at radius 2 is 2.15 bits per heavy atom. The van der Waals surface area contributed by atoms with Crippen molar-refractivity contribution >= 4 is 26.8 Å². The van der Waals surface area contributed by atoms with Gasteiger partial charge in [0.25, 0.3) is 0 Å². The lowest BCUT2D eigenvalue weighted by molar-refractivity contribution is 0.812. The first kappa shape index (κ1) is 8.82. The van der Waals surface area contributed by atoms with Crippen LogP contribution < -0.4 is 0 Å². The Balaban J connectivity index is 2.58. The molecule has 1 aromatic carbocycles. The molecule has 0 unspecified atom stereocenters. The number of hydrogen-bond acceptors (Lipinski definition) is 0. The van der Waals surface area contributed by atoms with E-state index in [1.807, 2.05) is 0 Å². The highest BCUT2D eigenvalue weighted by molar-refractivity contribution is 9.09. The van der Waals surface area contributed by atoms with Crippen molar-refractivity contribution in [3.63, 3.8) is 0 Å². The molecule has 0 aliphatic carbocycles. The third kappa shape index (κ3) is 1.63. The summed E-state index contributed by atoms with van der Waals surface area (Å²) in [5, 5.41) is 2.33. The molecule has 0 amide bonds. The summed E-state index contributed by atoms with van der Waals surface area (Å²) in [7, 11) is 0. The molecule has 0 saturated carbocycles. The van der Waals surface area contributed by atoms with E-state index in [1.54, 1.807) is 0 Å². The van der Waals surface area contributed by atoms with Crippen molar-refractivity contribution in [2.75, 3.05) is 5.33 Å². The van der Waals surface area contributed by atoms with Gasteiger partial charge < -0.3 is 4.57 Å². The van der Waals surface area contributed by atoms with Crippen LogP contribution >= 0.6 is 15.9 Å². The molecule has 0 N–H and O–H groups in total. The number of alkyl halides is 1. The van der Waals surface area contributed by atoms with E-state index in [4.69, 9.17) is 0 Å². The van der Waals surface area contributed by atoms with Gasteiger partial charge in [0.1, 0.15) is 0 Å².